The molecule has 2 aromatic rings. The van der Waals surface area contributed by atoms with Crippen LogP contribution in [0.25, 0.3) is 0 Å². The fourth-order valence-corrected chi connectivity index (χ4v) is 2.50. The van der Waals surface area contributed by atoms with Crippen molar-refractivity contribution in [3.05, 3.63) is 41.9 Å². The lowest BCUT2D eigenvalue weighted by Gasteiger charge is -2.20. The van der Waals surface area contributed by atoms with Gasteiger partial charge in [0, 0.05) is 44.6 Å². The Morgan fingerprint density at radius 3 is 2.66 bits per heavy atom. The van der Waals surface area contributed by atoms with Crippen LogP contribution >= 0.6 is 0 Å². The van der Waals surface area contributed by atoms with Crippen molar-refractivity contribution >= 4 is 11.8 Å². The number of aryl methyl sites for hydroxylation is 1. The molecule has 0 amide bonds. The minimum atomic E-state index is -4.47. The zero-order chi connectivity index (χ0) is 21.5. The molecular formula is C18H26F3N7O. The molecule has 2 aromatic heterocycles. The molecule has 0 aliphatic rings. The monoisotopic (exact) mass is 413 g/mol. The van der Waals surface area contributed by atoms with E-state index in [9.17, 15) is 18.3 Å². The van der Waals surface area contributed by atoms with Crippen LogP contribution in [0.4, 0.5) is 19.0 Å². The normalized spacial score (nSPS) is 14.4. The van der Waals surface area contributed by atoms with Gasteiger partial charge in [0.15, 0.2) is 5.96 Å². The van der Waals surface area contributed by atoms with E-state index < -0.39 is 17.3 Å². The number of halogens is 3. The summed E-state index contributed by atoms with van der Waals surface area (Å²) in [5.41, 5.74) is -1.38. The lowest BCUT2D eigenvalue weighted by atomic mass is 10.0. The number of aliphatic hydroxyl groups is 1. The van der Waals surface area contributed by atoms with E-state index in [-0.39, 0.29) is 18.9 Å². The Bertz CT molecular complexity index is 818. The third-order valence-electron chi connectivity index (χ3n) is 4.04. The summed E-state index contributed by atoms with van der Waals surface area (Å²) in [6.45, 7) is 4.70. The van der Waals surface area contributed by atoms with E-state index in [2.05, 4.69) is 31.0 Å². The maximum absolute atomic E-state index is 13.0. The molecule has 0 aromatic carbocycles. The first kappa shape index (κ1) is 22.5. The minimum absolute atomic E-state index is 0.0833. The van der Waals surface area contributed by atoms with Gasteiger partial charge in [-0.25, -0.2) is 9.98 Å². The fraction of sp³-hybridized carbons (Fsp3) is 0.500. The van der Waals surface area contributed by atoms with E-state index in [1.54, 1.807) is 31.0 Å². The molecule has 8 nitrogen and oxygen atoms in total. The quantitative estimate of drug-likeness (QED) is 0.299. The van der Waals surface area contributed by atoms with E-state index in [1.807, 2.05) is 6.92 Å². The molecule has 0 saturated heterocycles. The van der Waals surface area contributed by atoms with E-state index in [4.69, 9.17) is 0 Å². The minimum Gasteiger partial charge on any atom is -0.383 e. The topological polar surface area (TPSA) is 99.4 Å². The summed E-state index contributed by atoms with van der Waals surface area (Å²) < 4.78 is 40.5. The first-order valence-corrected chi connectivity index (χ1v) is 9.13. The maximum atomic E-state index is 13.0. The van der Waals surface area contributed by atoms with Crippen molar-refractivity contribution < 1.29 is 18.3 Å². The Labute approximate surface area is 167 Å². The number of alkyl halides is 3. The van der Waals surface area contributed by atoms with Gasteiger partial charge in [-0.15, -0.1) is 0 Å². The lowest BCUT2D eigenvalue weighted by Crippen LogP contribution is -2.40. The molecule has 0 bridgehead atoms. The highest BCUT2D eigenvalue weighted by Gasteiger charge is 2.33. The highest BCUT2D eigenvalue weighted by molar-refractivity contribution is 5.79. The van der Waals surface area contributed by atoms with Crippen molar-refractivity contribution in [2.24, 2.45) is 12.0 Å². The number of hydrogen-bond acceptors (Lipinski definition) is 5. The fourth-order valence-electron chi connectivity index (χ4n) is 2.50. The number of guanidine groups is 1. The Kier molecular flexibility index (Phi) is 7.43. The number of aliphatic imine (C=N–C) groups is 1. The number of nitrogens with zero attached hydrogens (tertiary/aromatic N) is 4. The molecule has 160 valence electrons. The number of nitrogens with one attached hydrogen (secondary N) is 3. The average molecular weight is 413 g/mol. The van der Waals surface area contributed by atoms with Gasteiger partial charge in [0.05, 0.1) is 18.3 Å². The number of pyridine rings is 1. The molecule has 1 unspecified atom stereocenters. The average Bonchev–Trinajstić information content (AvgIpc) is 3.10. The molecule has 0 aliphatic heterocycles. The van der Waals surface area contributed by atoms with Gasteiger partial charge in [-0.3, -0.25) is 4.68 Å². The standard InChI is InChI=1S/C18H26F3N7O/c1-4-22-16(26-12-17(2,29)13-10-27-28(3)11-13)25-9-8-24-15-14(18(19,20)21)6-5-7-23-15/h5-7,10-11,29H,4,8-9,12H2,1-3H3,(H,23,24)(H2,22,25,26). The Morgan fingerprint density at radius 1 is 1.28 bits per heavy atom. The van der Waals surface area contributed by atoms with Gasteiger partial charge in [0.1, 0.15) is 11.4 Å². The van der Waals surface area contributed by atoms with Crippen LogP contribution in [-0.4, -0.2) is 52.0 Å². The van der Waals surface area contributed by atoms with Crippen LogP contribution in [0.15, 0.2) is 35.7 Å². The molecule has 0 aliphatic carbocycles. The zero-order valence-corrected chi connectivity index (χ0v) is 16.6. The molecule has 0 radical (unpaired) electrons. The molecule has 0 fully saturated rings. The first-order chi connectivity index (χ1) is 13.6. The van der Waals surface area contributed by atoms with Gasteiger partial charge < -0.3 is 21.1 Å². The predicted molar refractivity (Wildman–Crippen MR) is 104 cm³/mol. The molecule has 11 heteroatoms. The van der Waals surface area contributed by atoms with E-state index >= 15 is 0 Å². The summed E-state index contributed by atoms with van der Waals surface area (Å²) in [5.74, 6) is 0.221. The van der Waals surface area contributed by atoms with E-state index in [1.165, 1.54) is 12.3 Å². The van der Waals surface area contributed by atoms with Gasteiger partial charge in [-0.1, -0.05) is 0 Å². The summed E-state index contributed by atoms with van der Waals surface area (Å²) in [6, 6.07) is 2.23. The first-order valence-electron chi connectivity index (χ1n) is 9.13. The molecule has 2 heterocycles. The second-order valence-electron chi connectivity index (χ2n) is 6.62. The Hall–Kier alpha value is -2.82. The predicted octanol–water partition coefficient (Wildman–Crippen LogP) is 1.71. The largest absolute Gasteiger partial charge is 0.419 e. The third kappa shape index (κ3) is 6.63. The highest BCUT2D eigenvalue weighted by atomic mass is 19.4. The zero-order valence-electron chi connectivity index (χ0n) is 16.6. The highest BCUT2D eigenvalue weighted by Crippen LogP contribution is 2.33. The number of anilines is 1. The van der Waals surface area contributed by atoms with Crippen LogP contribution < -0.4 is 16.0 Å². The number of rotatable bonds is 8. The van der Waals surface area contributed by atoms with Crippen LogP contribution in [0, 0.1) is 0 Å². The summed E-state index contributed by atoms with van der Waals surface area (Å²) in [4.78, 5) is 8.11. The summed E-state index contributed by atoms with van der Waals surface area (Å²) >= 11 is 0. The number of hydrogen-bond donors (Lipinski definition) is 4. The Balaban J connectivity index is 1.92. The van der Waals surface area contributed by atoms with Crippen molar-refractivity contribution in [1.82, 2.24) is 25.4 Å². The second kappa shape index (κ2) is 9.59. The van der Waals surface area contributed by atoms with Crippen molar-refractivity contribution in [3.63, 3.8) is 0 Å². The maximum Gasteiger partial charge on any atom is 0.419 e. The van der Waals surface area contributed by atoms with Crippen molar-refractivity contribution in [2.45, 2.75) is 25.6 Å². The van der Waals surface area contributed by atoms with Crippen LogP contribution in [0.3, 0.4) is 0 Å². The lowest BCUT2D eigenvalue weighted by molar-refractivity contribution is -0.137. The Morgan fingerprint density at radius 2 is 2.03 bits per heavy atom. The van der Waals surface area contributed by atoms with Crippen LogP contribution in [-0.2, 0) is 18.8 Å². The molecule has 1 atom stereocenters. The molecular weight excluding hydrogens is 387 g/mol. The summed E-state index contributed by atoms with van der Waals surface area (Å²) in [5, 5.41) is 23.4. The molecule has 2 rings (SSSR count). The van der Waals surface area contributed by atoms with E-state index in [0.29, 0.717) is 24.6 Å². The van der Waals surface area contributed by atoms with Crippen molar-refractivity contribution in [2.75, 3.05) is 31.5 Å². The van der Waals surface area contributed by atoms with Crippen molar-refractivity contribution in [1.29, 1.82) is 0 Å². The SMILES string of the molecule is CCNC(=NCC(C)(O)c1cnn(C)c1)NCCNc1ncccc1C(F)(F)F. The van der Waals surface area contributed by atoms with Crippen LogP contribution in [0.1, 0.15) is 25.0 Å². The summed E-state index contributed by atoms with van der Waals surface area (Å²) in [7, 11) is 1.76. The third-order valence-corrected chi connectivity index (χ3v) is 4.04. The second-order valence-corrected chi connectivity index (χ2v) is 6.62. The van der Waals surface area contributed by atoms with Gasteiger partial charge in [0.25, 0.3) is 0 Å². The van der Waals surface area contributed by atoms with Gasteiger partial charge in [0.2, 0.25) is 0 Å². The van der Waals surface area contributed by atoms with Crippen LogP contribution in [0.5, 0.6) is 0 Å². The number of aromatic nitrogens is 3. The molecule has 0 saturated carbocycles. The van der Waals surface area contributed by atoms with Gasteiger partial charge in [-0.05, 0) is 26.0 Å². The van der Waals surface area contributed by atoms with Gasteiger partial charge >= 0.3 is 6.18 Å². The van der Waals surface area contributed by atoms with Crippen molar-refractivity contribution in [3.8, 4) is 0 Å². The molecule has 0 spiro atoms. The summed E-state index contributed by atoms with van der Waals surface area (Å²) in [6.07, 6.45) is 0.116. The molecule has 29 heavy (non-hydrogen) atoms. The van der Waals surface area contributed by atoms with Crippen LogP contribution in [0.2, 0.25) is 0 Å². The molecule has 4 N–H and O–H groups in total. The smallest absolute Gasteiger partial charge is 0.383 e. The van der Waals surface area contributed by atoms with Gasteiger partial charge in [-0.2, -0.15) is 18.3 Å². The van der Waals surface area contributed by atoms with E-state index in [0.717, 1.165) is 6.07 Å².